The van der Waals surface area contributed by atoms with Crippen LogP contribution in [0, 0.1) is 18.4 Å². The zero-order valence-corrected chi connectivity index (χ0v) is 18.5. The summed E-state index contributed by atoms with van der Waals surface area (Å²) < 4.78 is 5.86. The maximum atomic E-state index is 12.1. The van der Waals surface area contributed by atoms with Crippen molar-refractivity contribution in [1.29, 1.82) is 5.26 Å². The second-order valence-corrected chi connectivity index (χ2v) is 8.25. The molecule has 0 radical (unpaired) electrons. The minimum absolute atomic E-state index is 0.0189. The fraction of sp³-hybridized carbons (Fsp3) is 0.240. The first kappa shape index (κ1) is 21.7. The number of halogens is 1. The highest BCUT2D eigenvalue weighted by molar-refractivity contribution is 6.30. The third-order valence-electron chi connectivity index (χ3n) is 5.37. The van der Waals surface area contributed by atoms with Crippen LogP contribution in [0.5, 0.6) is 0 Å². The Morgan fingerprint density at radius 1 is 1.34 bits per heavy atom. The van der Waals surface area contributed by atoms with E-state index in [1.54, 1.807) is 11.0 Å². The van der Waals surface area contributed by atoms with Crippen molar-refractivity contribution in [3.05, 3.63) is 82.4 Å². The lowest BCUT2D eigenvalue weighted by atomic mass is 10.1. The number of rotatable bonds is 6. The van der Waals surface area contributed by atoms with Crippen LogP contribution in [0.1, 0.15) is 29.2 Å². The van der Waals surface area contributed by atoms with E-state index in [0.717, 1.165) is 34.6 Å². The Kier molecular flexibility index (Phi) is 6.58. The summed E-state index contributed by atoms with van der Waals surface area (Å²) in [7, 11) is 0. The zero-order valence-electron chi connectivity index (χ0n) is 17.7. The summed E-state index contributed by atoms with van der Waals surface area (Å²) in [5, 5.41) is 12.5. The van der Waals surface area contributed by atoms with E-state index in [4.69, 9.17) is 21.3 Å². The van der Waals surface area contributed by atoms with Crippen molar-refractivity contribution in [1.82, 2.24) is 15.2 Å². The molecule has 1 saturated heterocycles. The number of hydrogen-bond acceptors (Lipinski definition) is 5. The number of nitrogens with zero attached hydrogens (tertiary/aromatic N) is 3. The molecule has 1 aliphatic heterocycles. The minimum Gasteiger partial charge on any atom is -0.445 e. The molecule has 0 saturated carbocycles. The topological polar surface area (TPSA) is 82.2 Å². The molecule has 2 heterocycles. The lowest BCUT2D eigenvalue weighted by Crippen LogP contribution is -2.35. The highest BCUT2D eigenvalue weighted by atomic mass is 35.5. The standard InChI is InChI=1S/C25H23ClN4O2/c1-17-25(29-24(32-17)14-19-3-2-4-21(26)13-19)20-8-5-18(6-9-20)7-10-23(31)28-22-11-12-30(15-22)16-27/h2-10,13,22H,11-12,14-15H2,1H3,(H,28,31)/b10-7+. The normalized spacial score (nSPS) is 15.8. The van der Waals surface area contributed by atoms with Crippen LogP contribution in [0.25, 0.3) is 17.3 Å². The molecule has 6 nitrogen and oxygen atoms in total. The van der Waals surface area contributed by atoms with Crippen molar-refractivity contribution in [3.8, 4) is 17.5 Å². The maximum absolute atomic E-state index is 12.1. The van der Waals surface area contributed by atoms with E-state index >= 15 is 0 Å². The molecule has 3 aromatic rings. The number of carbonyl (C=O) groups is 1. The number of carbonyl (C=O) groups excluding carboxylic acids is 1. The lowest BCUT2D eigenvalue weighted by Gasteiger charge is -2.10. The highest BCUT2D eigenvalue weighted by Gasteiger charge is 2.22. The van der Waals surface area contributed by atoms with Gasteiger partial charge in [-0.25, -0.2) is 4.98 Å². The Bertz CT molecular complexity index is 1180. The zero-order chi connectivity index (χ0) is 22.5. The van der Waals surface area contributed by atoms with Gasteiger partial charge in [0.25, 0.3) is 0 Å². The van der Waals surface area contributed by atoms with Crippen molar-refractivity contribution in [2.45, 2.75) is 25.8 Å². The van der Waals surface area contributed by atoms with E-state index in [0.29, 0.717) is 30.4 Å². The lowest BCUT2D eigenvalue weighted by molar-refractivity contribution is -0.117. The molecule has 0 bridgehead atoms. The molecule has 2 aromatic carbocycles. The molecule has 1 fully saturated rings. The average molecular weight is 447 g/mol. The van der Waals surface area contributed by atoms with E-state index in [9.17, 15) is 4.79 Å². The van der Waals surface area contributed by atoms with Gasteiger partial charge >= 0.3 is 0 Å². The van der Waals surface area contributed by atoms with Gasteiger partial charge in [-0.15, -0.1) is 0 Å². The van der Waals surface area contributed by atoms with Crippen LogP contribution in [0.4, 0.5) is 0 Å². The van der Waals surface area contributed by atoms with Crippen LogP contribution >= 0.6 is 11.6 Å². The number of nitrogens with one attached hydrogen (secondary N) is 1. The van der Waals surface area contributed by atoms with E-state index in [1.807, 2.05) is 55.5 Å². The van der Waals surface area contributed by atoms with Crippen LogP contribution < -0.4 is 5.32 Å². The summed E-state index contributed by atoms with van der Waals surface area (Å²) in [4.78, 5) is 18.5. The summed E-state index contributed by atoms with van der Waals surface area (Å²) in [6.07, 6.45) is 6.77. The Labute approximate surface area is 192 Å². The minimum atomic E-state index is -0.156. The van der Waals surface area contributed by atoms with Crippen LogP contribution in [-0.2, 0) is 11.2 Å². The van der Waals surface area contributed by atoms with Crippen LogP contribution in [0.15, 0.2) is 59.0 Å². The highest BCUT2D eigenvalue weighted by Crippen LogP contribution is 2.25. The molecular formula is C25H23ClN4O2. The number of nitriles is 1. The molecule has 7 heteroatoms. The molecule has 4 rings (SSSR count). The molecule has 1 aliphatic rings. The Morgan fingerprint density at radius 3 is 2.88 bits per heavy atom. The van der Waals surface area contributed by atoms with Gasteiger partial charge in [0.15, 0.2) is 12.1 Å². The molecule has 1 atom stereocenters. The number of benzene rings is 2. The van der Waals surface area contributed by atoms with E-state index in [2.05, 4.69) is 16.5 Å². The van der Waals surface area contributed by atoms with Crippen molar-refractivity contribution >= 4 is 23.6 Å². The summed E-state index contributed by atoms with van der Waals surface area (Å²) in [6.45, 7) is 3.16. The number of aromatic nitrogens is 1. The first-order chi connectivity index (χ1) is 15.5. The van der Waals surface area contributed by atoms with Gasteiger partial charge in [-0.2, -0.15) is 5.26 Å². The number of amides is 1. The molecule has 1 unspecified atom stereocenters. The Balaban J connectivity index is 1.38. The molecule has 1 aromatic heterocycles. The largest absolute Gasteiger partial charge is 0.445 e. The third kappa shape index (κ3) is 5.37. The second-order valence-electron chi connectivity index (χ2n) is 7.81. The van der Waals surface area contributed by atoms with Gasteiger partial charge < -0.3 is 14.6 Å². The predicted octanol–water partition coefficient (Wildman–Crippen LogP) is 4.58. The summed E-state index contributed by atoms with van der Waals surface area (Å²) in [5.41, 5.74) is 3.71. The number of hydrogen-bond donors (Lipinski definition) is 1. The fourth-order valence-corrected chi connectivity index (χ4v) is 3.97. The van der Waals surface area contributed by atoms with Crippen molar-refractivity contribution in [2.75, 3.05) is 13.1 Å². The van der Waals surface area contributed by atoms with Crippen molar-refractivity contribution in [2.24, 2.45) is 0 Å². The van der Waals surface area contributed by atoms with Gasteiger partial charge in [0, 0.05) is 42.2 Å². The average Bonchev–Trinajstić information content (AvgIpc) is 3.38. The number of oxazole rings is 1. The summed E-state index contributed by atoms with van der Waals surface area (Å²) in [6, 6.07) is 15.5. The van der Waals surface area contributed by atoms with Gasteiger partial charge in [0.2, 0.25) is 5.91 Å². The van der Waals surface area contributed by atoms with E-state index in [1.165, 1.54) is 6.08 Å². The summed E-state index contributed by atoms with van der Waals surface area (Å²) >= 11 is 6.06. The van der Waals surface area contributed by atoms with Crippen LogP contribution in [-0.4, -0.2) is 34.9 Å². The number of aryl methyl sites for hydroxylation is 1. The van der Waals surface area contributed by atoms with Gasteiger partial charge in [-0.3, -0.25) is 4.79 Å². The first-order valence-corrected chi connectivity index (χ1v) is 10.8. The van der Waals surface area contributed by atoms with Crippen LogP contribution in [0.3, 0.4) is 0 Å². The molecule has 1 amide bonds. The molecule has 1 N–H and O–H groups in total. The third-order valence-corrected chi connectivity index (χ3v) is 5.61. The first-order valence-electron chi connectivity index (χ1n) is 10.4. The molecule has 0 aliphatic carbocycles. The monoisotopic (exact) mass is 446 g/mol. The van der Waals surface area contributed by atoms with Gasteiger partial charge in [0.05, 0.1) is 0 Å². The molecular weight excluding hydrogens is 424 g/mol. The molecule has 0 spiro atoms. The number of likely N-dealkylation sites (tertiary alicyclic amines) is 1. The second kappa shape index (κ2) is 9.71. The van der Waals surface area contributed by atoms with Crippen LogP contribution in [0.2, 0.25) is 5.02 Å². The van der Waals surface area contributed by atoms with Gasteiger partial charge in [-0.05, 0) is 42.7 Å². The SMILES string of the molecule is Cc1oc(Cc2cccc(Cl)c2)nc1-c1ccc(/C=C/C(=O)NC2CCN(C#N)C2)cc1. The Morgan fingerprint density at radius 2 is 2.16 bits per heavy atom. The Hall–Kier alpha value is -3.56. The molecule has 32 heavy (non-hydrogen) atoms. The predicted molar refractivity (Wildman–Crippen MR) is 124 cm³/mol. The van der Waals surface area contributed by atoms with E-state index in [-0.39, 0.29) is 11.9 Å². The quantitative estimate of drug-likeness (QED) is 0.442. The van der Waals surface area contributed by atoms with Gasteiger partial charge in [0.1, 0.15) is 11.5 Å². The fourth-order valence-electron chi connectivity index (χ4n) is 3.76. The van der Waals surface area contributed by atoms with Gasteiger partial charge in [-0.1, -0.05) is 48.0 Å². The summed E-state index contributed by atoms with van der Waals surface area (Å²) in [5.74, 6) is 1.24. The molecule has 162 valence electrons. The van der Waals surface area contributed by atoms with Crippen molar-refractivity contribution < 1.29 is 9.21 Å². The van der Waals surface area contributed by atoms with Crippen molar-refractivity contribution in [3.63, 3.8) is 0 Å². The van der Waals surface area contributed by atoms with E-state index < -0.39 is 0 Å². The smallest absolute Gasteiger partial charge is 0.244 e. The maximum Gasteiger partial charge on any atom is 0.244 e.